The topological polar surface area (TPSA) is 118 Å². The van der Waals surface area contributed by atoms with Crippen molar-refractivity contribution in [2.75, 3.05) is 13.2 Å². The molecule has 0 saturated carbocycles. The van der Waals surface area contributed by atoms with Crippen LogP contribution in [0.1, 0.15) is 13.8 Å². The quantitative estimate of drug-likeness (QED) is 0.485. The van der Waals surface area contributed by atoms with Crippen molar-refractivity contribution in [3.63, 3.8) is 0 Å². The highest BCUT2D eigenvalue weighted by Gasteiger charge is 2.05. The molecule has 16 heavy (non-hydrogen) atoms. The maximum Gasteiger partial charge on any atom is 0.426 e. The largest absolute Gasteiger partial charge is 0.449 e. The van der Waals surface area contributed by atoms with Crippen LogP contribution in [0.3, 0.4) is 0 Å². The van der Waals surface area contributed by atoms with Gasteiger partial charge in [0, 0.05) is 0 Å². The fraction of sp³-hybridized carbons (Fsp3) is 0.571. The van der Waals surface area contributed by atoms with E-state index in [2.05, 4.69) is 9.47 Å². The van der Waals surface area contributed by atoms with Crippen LogP contribution in [0.5, 0.6) is 0 Å². The third-order valence-electron chi connectivity index (χ3n) is 1.11. The van der Waals surface area contributed by atoms with E-state index in [0.29, 0.717) is 0 Å². The van der Waals surface area contributed by atoms with Gasteiger partial charge in [-0.1, -0.05) is 0 Å². The number of hydrogen-bond donors (Lipinski definition) is 4. The average Bonchev–Trinajstić information content (AvgIpc) is 2.24. The van der Waals surface area contributed by atoms with Crippen LogP contribution in [0.25, 0.3) is 0 Å². The predicted octanol–water partition coefficient (Wildman–Crippen LogP) is -0.392. The summed E-state index contributed by atoms with van der Waals surface area (Å²) in [4.78, 5) is 32.3. The molecule has 0 spiro atoms. The molecule has 9 nitrogen and oxygen atoms in total. The molecule has 0 aromatic heterocycles. The summed E-state index contributed by atoms with van der Waals surface area (Å²) < 4.78 is 8.90. The molecular weight excluding hydrogens is 220 g/mol. The van der Waals surface area contributed by atoms with Crippen molar-refractivity contribution in [1.82, 2.24) is 21.7 Å². The molecule has 0 heterocycles. The third-order valence-corrected chi connectivity index (χ3v) is 1.11. The number of rotatable bonds is 2. The van der Waals surface area contributed by atoms with E-state index in [1.54, 1.807) is 13.8 Å². The highest BCUT2D eigenvalue weighted by molar-refractivity contribution is 5.79. The van der Waals surface area contributed by atoms with Crippen molar-refractivity contribution < 1.29 is 23.9 Å². The number of hydrazine groups is 2. The van der Waals surface area contributed by atoms with Gasteiger partial charge in [0.25, 0.3) is 0 Å². The fourth-order valence-corrected chi connectivity index (χ4v) is 0.581. The Balaban J connectivity index is 3.59. The van der Waals surface area contributed by atoms with E-state index in [1.165, 1.54) is 0 Å². The van der Waals surface area contributed by atoms with E-state index < -0.39 is 18.2 Å². The van der Waals surface area contributed by atoms with Crippen LogP contribution in [-0.2, 0) is 9.47 Å². The van der Waals surface area contributed by atoms with E-state index in [-0.39, 0.29) is 13.2 Å². The van der Waals surface area contributed by atoms with Gasteiger partial charge in [-0.25, -0.2) is 36.1 Å². The minimum Gasteiger partial charge on any atom is -0.449 e. The SMILES string of the molecule is CCOC(=O)NNC(=O)NNC(=O)OCC. The zero-order chi connectivity index (χ0) is 12.4. The van der Waals surface area contributed by atoms with Crippen LogP contribution in [-0.4, -0.2) is 31.4 Å². The summed E-state index contributed by atoms with van der Waals surface area (Å²) in [6.45, 7) is 3.58. The molecular formula is C7H14N4O5. The maximum absolute atomic E-state index is 10.9. The summed E-state index contributed by atoms with van der Waals surface area (Å²) in [5.41, 5.74) is 7.69. The first kappa shape index (κ1) is 13.8. The van der Waals surface area contributed by atoms with Crippen molar-refractivity contribution >= 4 is 18.2 Å². The highest BCUT2D eigenvalue weighted by Crippen LogP contribution is 1.74. The molecule has 0 aromatic rings. The number of ether oxygens (including phenoxy) is 2. The van der Waals surface area contributed by atoms with Crippen molar-refractivity contribution in [3.8, 4) is 0 Å². The molecule has 0 aromatic carbocycles. The Morgan fingerprint density at radius 1 is 0.812 bits per heavy atom. The second kappa shape index (κ2) is 8.15. The Morgan fingerprint density at radius 2 is 1.19 bits per heavy atom. The van der Waals surface area contributed by atoms with Gasteiger partial charge in [0.05, 0.1) is 13.2 Å². The van der Waals surface area contributed by atoms with Gasteiger partial charge in [0.15, 0.2) is 0 Å². The first-order valence-corrected chi connectivity index (χ1v) is 4.51. The van der Waals surface area contributed by atoms with Crippen molar-refractivity contribution in [2.45, 2.75) is 13.8 Å². The van der Waals surface area contributed by atoms with Gasteiger partial charge in [-0.3, -0.25) is 0 Å². The van der Waals surface area contributed by atoms with Crippen LogP contribution >= 0.6 is 0 Å². The van der Waals surface area contributed by atoms with E-state index in [1.807, 2.05) is 21.7 Å². The van der Waals surface area contributed by atoms with Crippen LogP contribution in [0.15, 0.2) is 0 Å². The van der Waals surface area contributed by atoms with Crippen LogP contribution in [0.4, 0.5) is 14.4 Å². The number of carbonyl (C=O) groups excluding carboxylic acids is 3. The Morgan fingerprint density at radius 3 is 1.50 bits per heavy atom. The summed E-state index contributed by atoms with van der Waals surface area (Å²) in [5, 5.41) is 0. The van der Waals surface area contributed by atoms with Crippen molar-refractivity contribution in [1.29, 1.82) is 0 Å². The highest BCUT2D eigenvalue weighted by atomic mass is 16.6. The number of hydrogen-bond acceptors (Lipinski definition) is 5. The zero-order valence-corrected chi connectivity index (χ0v) is 8.96. The first-order chi connectivity index (χ1) is 7.60. The van der Waals surface area contributed by atoms with Crippen molar-refractivity contribution in [3.05, 3.63) is 0 Å². The first-order valence-electron chi connectivity index (χ1n) is 4.51. The average molecular weight is 234 g/mol. The molecule has 0 aliphatic carbocycles. The molecule has 0 atom stereocenters. The molecule has 0 unspecified atom stereocenters. The number of amides is 4. The minimum absolute atomic E-state index is 0.177. The lowest BCUT2D eigenvalue weighted by Gasteiger charge is -2.09. The monoisotopic (exact) mass is 234 g/mol. The van der Waals surface area contributed by atoms with Gasteiger partial charge in [-0.15, -0.1) is 0 Å². The molecule has 0 fully saturated rings. The molecule has 0 aliphatic rings. The Labute approximate surface area is 91.8 Å². The van der Waals surface area contributed by atoms with Crippen molar-refractivity contribution in [2.24, 2.45) is 0 Å². The molecule has 0 radical (unpaired) electrons. The molecule has 0 saturated heterocycles. The van der Waals surface area contributed by atoms with E-state index >= 15 is 0 Å². The third kappa shape index (κ3) is 7.24. The molecule has 92 valence electrons. The maximum atomic E-state index is 10.9. The van der Waals surface area contributed by atoms with E-state index in [0.717, 1.165) is 0 Å². The molecule has 0 rings (SSSR count). The Kier molecular flexibility index (Phi) is 7.03. The van der Waals surface area contributed by atoms with Gasteiger partial charge in [0.1, 0.15) is 0 Å². The minimum atomic E-state index is -0.846. The van der Waals surface area contributed by atoms with Crippen LogP contribution in [0, 0.1) is 0 Å². The van der Waals surface area contributed by atoms with E-state index in [4.69, 9.17) is 0 Å². The van der Waals surface area contributed by atoms with Gasteiger partial charge in [-0.05, 0) is 13.8 Å². The number of carbonyl (C=O) groups is 3. The normalized spacial score (nSPS) is 8.62. The zero-order valence-electron chi connectivity index (χ0n) is 8.96. The van der Waals surface area contributed by atoms with Crippen LogP contribution in [0.2, 0.25) is 0 Å². The molecule has 0 bridgehead atoms. The summed E-state index contributed by atoms with van der Waals surface area (Å²) in [7, 11) is 0. The van der Waals surface area contributed by atoms with E-state index in [9.17, 15) is 14.4 Å². The van der Waals surface area contributed by atoms with Gasteiger partial charge < -0.3 is 9.47 Å². The smallest absolute Gasteiger partial charge is 0.426 e. The number of nitrogens with one attached hydrogen (secondary N) is 4. The summed E-state index contributed by atoms with van der Waals surface area (Å²) in [6, 6.07) is -0.846. The Hall–Kier alpha value is -2.19. The van der Waals surface area contributed by atoms with Crippen LogP contribution < -0.4 is 21.7 Å². The number of urea groups is 1. The predicted molar refractivity (Wildman–Crippen MR) is 52.0 cm³/mol. The summed E-state index contributed by atoms with van der Waals surface area (Å²) in [5.74, 6) is 0. The lowest BCUT2D eigenvalue weighted by atomic mass is 10.9. The summed E-state index contributed by atoms with van der Waals surface area (Å²) in [6.07, 6.45) is -1.62. The summed E-state index contributed by atoms with van der Waals surface area (Å²) >= 11 is 0. The lowest BCUT2D eigenvalue weighted by molar-refractivity contribution is 0.143. The lowest BCUT2D eigenvalue weighted by Crippen LogP contribution is -2.52. The second-order valence-electron chi connectivity index (χ2n) is 2.27. The second-order valence-corrected chi connectivity index (χ2v) is 2.27. The molecule has 0 aliphatic heterocycles. The fourth-order valence-electron chi connectivity index (χ4n) is 0.581. The molecule has 9 heteroatoms. The standard InChI is InChI=1S/C7H14N4O5/c1-3-15-6(13)10-8-5(12)9-11-7(14)16-4-2/h3-4H2,1-2H3,(H,10,13)(H,11,14)(H2,8,9,12). The molecule has 4 amide bonds. The Bertz CT molecular complexity index is 233. The molecule has 4 N–H and O–H groups in total. The van der Waals surface area contributed by atoms with Gasteiger partial charge in [0.2, 0.25) is 0 Å². The van der Waals surface area contributed by atoms with Gasteiger partial charge >= 0.3 is 18.2 Å². The van der Waals surface area contributed by atoms with Gasteiger partial charge in [-0.2, -0.15) is 0 Å².